The third-order valence-electron chi connectivity index (χ3n) is 6.02. The molecule has 3 amide bonds. The number of aromatic nitrogens is 2. The molecule has 9 heteroatoms. The number of nitrogens with zero attached hydrogens (tertiary/aromatic N) is 2. The number of hydrogen-bond acceptors (Lipinski definition) is 4. The molecule has 2 heterocycles. The standard InChI is InChI=1S/C27H27N5O4/c1-17-6-4-5-7-21(17)30-26(36)29-20-10-8-19(9-11-20)27(2,3)22-16-32-13-12-18(14-23(32)31-22)25(35)28-15-24(33)34/h4-14,16H,15H2,1-3H3,(H,28,35)(H,33,34)(H2,29,30,36). The van der Waals surface area contributed by atoms with E-state index in [2.05, 4.69) is 16.0 Å². The molecule has 0 atom stereocenters. The van der Waals surface area contributed by atoms with Crippen LogP contribution in [-0.2, 0) is 10.2 Å². The molecule has 9 nitrogen and oxygen atoms in total. The van der Waals surface area contributed by atoms with E-state index in [-0.39, 0.29) is 6.03 Å². The monoisotopic (exact) mass is 485 g/mol. The van der Waals surface area contributed by atoms with E-state index < -0.39 is 23.8 Å². The number of amides is 3. The third kappa shape index (κ3) is 5.35. The lowest BCUT2D eigenvalue weighted by atomic mass is 9.82. The second kappa shape index (κ2) is 9.91. The second-order valence-electron chi connectivity index (χ2n) is 8.98. The van der Waals surface area contributed by atoms with Crippen LogP contribution in [-0.4, -0.2) is 38.9 Å². The Morgan fingerprint density at radius 1 is 1.00 bits per heavy atom. The molecule has 0 fully saturated rings. The number of hydrogen-bond donors (Lipinski definition) is 4. The smallest absolute Gasteiger partial charge is 0.323 e. The molecule has 0 aliphatic carbocycles. The normalized spacial score (nSPS) is 11.2. The number of para-hydroxylation sites is 1. The summed E-state index contributed by atoms with van der Waals surface area (Å²) < 4.78 is 1.82. The molecule has 0 aliphatic heterocycles. The Balaban J connectivity index is 1.48. The summed E-state index contributed by atoms with van der Waals surface area (Å²) in [6, 6.07) is 18.1. The summed E-state index contributed by atoms with van der Waals surface area (Å²) in [6.45, 7) is 5.57. The molecule has 0 saturated heterocycles. The van der Waals surface area contributed by atoms with E-state index in [4.69, 9.17) is 10.1 Å². The number of rotatable bonds is 7. The van der Waals surface area contributed by atoms with Gasteiger partial charge in [0.1, 0.15) is 12.2 Å². The molecule has 0 unspecified atom stereocenters. The Morgan fingerprint density at radius 2 is 1.72 bits per heavy atom. The molecule has 0 spiro atoms. The summed E-state index contributed by atoms with van der Waals surface area (Å²) in [4.78, 5) is 40.0. The molecule has 2 aromatic carbocycles. The van der Waals surface area contributed by atoms with Crippen LogP contribution < -0.4 is 16.0 Å². The van der Waals surface area contributed by atoms with E-state index in [9.17, 15) is 14.4 Å². The molecular formula is C27H27N5O4. The number of carboxylic acid groups (broad SMARTS) is 1. The number of urea groups is 1. The van der Waals surface area contributed by atoms with Crippen molar-refractivity contribution in [3.05, 3.63) is 95.4 Å². The quantitative estimate of drug-likeness (QED) is 0.308. The van der Waals surface area contributed by atoms with E-state index >= 15 is 0 Å². The molecule has 36 heavy (non-hydrogen) atoms. The average Bonchev–Trinajstić information content (AvgIpc) is 3.29. The maximum atomic E-state index is 12.4. The van der Waals surface area contributed by atoms with Gasteiger partial charge in [-0.2, -0.15) is 0 Å². The average molecular weight is 486 g/mol. The second-order valence-corrected chi connectivity index (χ2v) is 8.98. The summed E-state index contributed by atoms with van der Waals surface area (Å²) in [5.74, 6) is -1.58. The number of benzene rings is 2. The van der Waals surface area contributed by atoms with Crippen molar-refractivity contribution >= 4 is 34.9 Å². The molecular weight excluding hydrogens is 458 g/mol. The minimum atomic E-state index is -1.11. The van der Waals surface area contributed by atoms with Gasteiger partial charge in [0.2, 0.25) is 0 Å². The number of anilines is 2. The van der Waals surface area contributed by atoms with Crippen molar-refractivity contribution < 1.29 is 19.5 Å². The van der Waals surface area contributed by atoms with Crippen LogP contribution >= 0.6 is 0 Å². The van der Waals surface area contributed by atoms with Gasteiger partial charge in [-0.1, -0.05) is 44.2 Å². The van der Waals surface area contributed by atoms with Crippen LogP contribution in [0.2, 0.25) is 0 Å². The number of carboxylic acids is 1. The lowest BCUT2D eigenvalue weighted by Gasteiger charge is -2.23. The van der Waals surface area contributed by atoms with E-state index in [1.165, 1.54) is 0 Å². The predicted octanol–water partition coefficient (Wildman–Crippen LogP) is 4.43. The number of pyridine rings is 1. The summed E-state index contributed by atoms with van der Waals surface area (Å²) >= 11 is 0. The Morgan fingerprint density at radius 3 is 2.42 bits per heavy atom. The lowest BCUT2D eigenvalue weighted by molar-refractivity contribution is -0.135. The first-order chi connectivity index (χ1) is 17.1. The molecule has 184 valence electrons. The van der Waals surface area contributed by atoms with Crippen LogP contribution in [0.1, 0.15) is 41.0 Å². The summed E-state index contributed by atoms with van der Waals surface area (Å²) in [6.07, 6.45) is 3.62. The van der Waals surface area contributed by atoms with Gasteiger partial charge in [0, 0.05) is 34.7 Å². The lowest BCUT2D eigenvalue weighted by Crippen LogP contribution is -2.29. The third-order valence-corrected chi connectivity index (χ3v) is 6.02. The molecule has 4 aromatic rings. The fourth-order valence-electron chi connectivity index (χ4n) is 3.80. The highest BCUT2D eigenvalue weighted by atomic mass is 16.4. The predicted molar refractivity (Wildman–Crippen MR) is 138 cm³/mol. The van der Waals surface area contributed by atoms with Crippen molar-refractivity contribution in [2.24, 2.45) is 0 Å². The SMILES string of the molecule is Cc1ccccc1NC(=O)Nc1ccc(C(C)(C)c2cn3ccc(C(=O)NCC(=O)O)cc3n2)cc1. The van der Waals surface area contributed by atoms with Gasteiger partial charge in [0.15, 0.2) is 0 Å². The summed E-state index contributed by atoms with van der Waals surface area (Å²) in [5.41, 5.74) is 4.63. The number of imidazole rings is 1. The maximum Gasteiger partial charge on any atom is 0.323 e. The number of fused-ring (bicyclic) bond motifs is 1. The number of aliphatic carboxylic acids is 1. The molecule has 0 saturated carbocycles. The summed E-state index contributed by atoms with van der Waals surface area (Å²) in [5, 5.41) is 16.8. The summed E-state index contributed by atoms with van der Waals surface area (Å²) in [7, 11) is 0. The van der Waals surface area contributed by atoms with E-state index in [0.717, 1.165) is 22.5 Å². The number of carbonyl (C=O) groups excluding carboxylic acids is 2. The minimum Gasteiger partial charge on any atom is -0.480 e. The zero-order valence-electron chi connectivity index (χ0n) is 20.2. The van der Waals surface area contributed by atoms with Gasteiger partial charge in [0.05, 0.1) is 5.69 Å². The van der Waals surface area contributed by atoms with Crippen LogP contribution in [0.15, 0.2) is 73.1 Å². The van der Waals surface area contributed by atoms with Crippen LogP contribution in [0.25, 0.3) is 5.65 Å². The van der Waals surface area contributed by atoms with Crippen molar-refractivity contribution in [2.75, 3.05) is 17.2 Å². The highest BCUT2D eigenvalue weighted by Gasteiger charge is 2.26. The van der Waals surface area contributed by atoms with Crippen LogP contribution in [0, 0.1) is 6.92 Å². The maximum absolute atomic E-state index is 12.4. The number of nitrogens with one attached hydrogen (secondary N) is 3. The Bertz CT molecular complexity index is 1440. The van der Waals surface area contributed by atoms with Gasteiger partial charge in [-0.3, -0.25) is 9.59 Å². The Labute approximate surface area is 208 Å². The van der Waals surface area contributed by atoms with Gasteiger partial charge >= 0.3 is 12.0 Å². The molecule has 2 aromatic heterocycles. The molecule has 0 aliphatic rings. The van der Waals surface area contributed by atoms with Crippen molar-refractivity contribution in [3.8, 4) is 0 Å². The van der Waals surface area contributed by atoms with Gasteiger partial charge in [-0.15, -0.1) is 0 Å². The van der Waals surface area contributed by atoms with Crippen LogP contribution in [0.4, 0.5) is 16.2 Å². The highest BCUT2D eigenvalue weighted by molar-refractivity contribution is 6.00. The van der Waals surface area contributed by atoms with Crippen molar-refractivity contribution in [3.63, 3.8) is 0 Å². The van der Waals surface area contributed by atoms with E-state index in [1.807, 2.05) is 79.9 Å². The number of aryl methyl sites for hydroxylation is 1. The molecule has 0 bridgehead atoms. The number of carbonyl (C=O) groups is 3. The van der Waals surface area contributed by atoms with E-state index in [1.54, 1.807) is 18.3 Å². The molecule has 0 radical (unpaired) electrons. The topological polar surface area (TPSA) is 125 Å². The minimum absolute atomic E-state index is 0.320. The highest BCUT2D eigenvalue weighted by Crippen LogP contribution is 2.32. The largest absolute Gasteiger partial charge is 0.480 e. The van der Waals surface area contributed by atoms with Crippen molar-refractivity contribution in [1.29, 1.82) is 0 Å². The van der Waals surface area contributed by atoms with Gasteiger partial charge in [-0.05, 0) is 48.4 Å². The Hall–Kier alpha value is -4.66. The van der Waals surface area contributed by atoms with Crippen molar-refractivity contribution in [2.45, 2.75) is 26.2 Å². The first kappa shape index (κ1) is 24.5. The van der Waals surface area contributed by atoms with E-state index in [0.29, 0.717) is 16.9 Å². The Kier molecular flexibility index (Phi) is 6.73. The van der Waals surface area contributed by atoms with Gasteiger partial charge in [0.25, 0.3) is 5.91 Å². The zero-order valence-corrected chi connectivity index (χ0v) is 20.2. The first-order valence-electron chi connectivity index (χ1n) is 11.4. The molecule has 4 N–H and O–H groups in total. The van der Waals surface area contributed by atoms with Gasteiger partial charge < -0.3 is 25.5 Å². The van der Waals surface area contributed by atoms with Crippen molar-refractivity contribution in [1.82, 2.24) is 14.7 Å². The first-order valence-corrected chi connectivity index (χ1v) is 11.4. The zero-order chi connectivity index (χ0) is 25.9. The fraction of sp³-hybridized carbons (Fsp3) is 0.185. The molecule has 4 rings (SSSR count). The fourth-order valence-corrected chi connectivity index (χ4v) is 3.80. The van der Waals surface area contributed by atoms with Gasteiger partial charge in [-0.25, -0.2) is 9.78 Å². The van der Waals surface area contributed by atoms with Crippen LogP contribution in [0.5, 0.6) is 0 Å². The van der Waals surface area contributed by atoms with Crippen LogP contribution in [0.3, 0.4) is 0 Å².